The Labute approximate surface area is 149 Å². The third kappa shape index (κ3) is 19.8. The Morgan fingerprint density at radius 1 is 0.625 bits per heavy atom. The summed E-state index contributed by atoms with van der Waals surface area (Å²) in [5.41, 5.74) is 0. The standard InChI is InChI=1S/C19H40O5/c1-3-8-19(2)9-6-4-5-7-11-21-13-15-23-17-18-24-16-14-22-12-10-20/h19-20H,3-18H2,1-2H3. The molecule has 0 amide bonds. The lowest BCUT2D eigenvalue weighted by Crippen LogP contribution is -2.12. The molecular weight excluding hydrogens is 308 g/mol. The summed E-state index contributed by atoms with van der Waals surface area (Å²) in [4.78, 5) is 0. The Bertz CT molecular complexity index is 226. The van der Waals surface area contributed by atoms with Crippen molar-refractivity contribution in [2.24, 2.45) is 5.92 Å². The fourth-order valence-electron chi connectivity index (χ4n) is 2.51. The van der Waals surface area contributed by atoms with Gasteiger partial charge < -0.3 is 24.1 Å². The highest BCUT2D eigenvalue weighted by Crippen LogP contribution is 2.14. The summed E-state index contributed by atoms with van der Waals surface area (Å²) in [7, 11) is 0. The molecule has 0 aromatic heterocycles. The fourth-order valence-corrected chi connectivity index (χ4v) is 2.51. The molecule has 0 heterocycles. The van der Waals surface area contributed by atoms with Crippen LogP contribution in [0.1, 0.15) is 58.8 Å². The summed E-state index contributed by atoms with van der Waals surface area (Å²) in [6, 6.07) is 0. The molecule has 0 aliphatic heterocycles. The van der Waals surface area contributed by atoms with Crippen LogP contribution >= 0.6 is 0 Å². The molecule has 0 spiro atoms. The Balaban J connectivity index is 3.00. The van der Waals surface area contributed by atoms with Crippen molar-refractivity contribution >= 4 is 0 Å². The minimum Gasteiger partial charge on any atom is -0.394 e. The van der Waals surface area contributed by atoms with Crippen LogP contribution in [0.15, 0.2) is 0 Å². The van der Waals surface area contributed by atoms with E-state index in [0.717, 1.165) is 18.9 Å². The van der Waals surface area contributed by atoms with E-state index in [9.17, 15) is 0 Å². The van der Waals surface area contributed by atoms with Crippen LogP contribution in [0.3, 0.4) is 0 Å². The second-order valence-electron chi connectivity index (χ2n) is 6.27. The molecule has 5 heteroatoms. The van der Waals surface area contributed by atoms with Gasteiger partial charge in [-0.1, -0.05) is 52.4 Å². The van der Waals surface area contributed by atoms with E-state index in [1.165, 1.54) is 38.5 Å². The van der Waals surface area contributed by atoms with Gasteiger partial charge in [-0.2, -0.15) is 0 Å². The molecule has 0 aliphatic carbocycles. The van der Waals surface area contributed by atoms with Crippen LogP contribution < -0.4 is 0 Å². The van der Waals surface area contributed by atoms with Crippen LogP contribution in [0, 0.1) is 5.92 Å². The third-order valence-electron chi connectivity index (χ3n) is 3.87. The molecule has 0 bridgehead atoms. The molecule has 146 valence electrons. The molecule has 0 saturated carbocycles. The van der Waals surface area contributed by atoms with E-state index in [1.54, 1.807) is 0 Å². The van der Waals surface area contributed by atoms with Gasteiger partial charge in [-0.15, -0.1) is 0 Å². The quantitative estimate of drug-likeness (QED) is 0.342. The lowest BCUT2D eigenvalue weighted by Gasteiger charge is -2.09. The van der Waals surface area contributed by atoms with Gasteiger partial charge in [-0.25, -0.2) is 0 Å². The van der Waals surface area contributed by atoms with E-state index in [0.29, 0.717) is 46.2 Å². The van der Waals surface area contributed by atoms with Crippen LogP contribution in [0.4, 0.5) is 0 Å². The van der Waals surface area contributed by atoms with Crippen molar-refractivity contribution in [3.05, 3.63) is 0 Å². The molecule has 1 unspecified atom stereocenters. The van der Waals surface area contributed by atoms with Crippen molar-refractivity contribution < 1.29 is 24.1 Å². The first kappa shape index (κ1) is 23.8. The lowest BCUT2D eigenvalue weighted by atomic mass is 9.98. The summed E-state index contributed by atoms with van der Waals surface area (Å²) in [5.74, 6) is 0.889. The van der Waals surface area contributed by atoms with E-state index in [1.807, 2.05) is 0 Å². The van der Waals surface area contributed by atoms with E-state index in [4.69, 9.17) is 24.1 Å². The molecule has 0 aromatic rings. The smallest absolute Gasteiger partial charge is 0.0701 e. The van der Waals surface area contributed by atoms with Crippen LogP contribution in [-0.2, 0) is 18.9 Å². The lowest BCUT2D eigenvalue weighted by molar-refractivity contribution is -0.00577. The largest absolute Gasteiger partial charge is 0.394 e. The van der Waals surface area contributed by atoms with Gasteiger partial charge in [0.2, 0.25) is 0 Å². The van der Waals surface area contributed by atoms with Gasteiger partial charge in [0.1, 0.15) is 0 Å². The van der Waals surface area contributed by atoms with Gasteiger partial charge >= 0.3 is 0 Å². The molecule has 1 N–H and O–H groups in total. The number of ether oxygens (including phenoxy) is 4. The molecular formula is C19H40O5. The van der Waals surface area contributed by atoms with Crippen LogP contribution in [0.5, 0.6) is 0 Å². The number of aliphatic hydroxyl groups is 1. The minimum absolute atomic E-state index is 0.0568. The van der Waals surface area contributed by atoms with Crippen molar-refractivity contribution in [3.8, 4) is 0 Å². The van der Waals surface area contributed by atoms with Crippen molar-refractivity contribution in [1.82, 2.24) is 0 Å². The van der Waals surface area contributed by atoms with Gasteiger partial charge in [0.15, 0.2) is 0 Å². The molecule has 1 atom stereocenters. The molecule has 0 saturated heterocycles. The van der Waals surface area contributed by atoms with Crippen molar-refractivity contribution in [3.63, 3.8) is 0 Å². The fraction of sp³-hybridized carbons (Fsp3) is 1.00. The van der Waals surface area contributed by atoms with E-state index in [2.05, 4.69) is 13.8 Å². The maximum atomic E-state index is 8.52. The highest BCUT2D eigenvalue weighted by Gasteiger charge is 2.00. The second kappa shape index (κ2) is 20.8. The minimum atomic E-state index is 0.0568. The highest BCUT2D eigenvalue weighted by molar-refractivity contribution is 4.53. The van der Waals surface area contributed by atoms with E-state index in [-0.39, 0.29) is 6.61 Å². The maximum Gasteiger partial charge on any atom is 0.0701 e. The van der Waals surface area contributed by atoms with E-state index >= 15 is 0 Å². The van der Waals surface area contributed by atoms with Gasteiger partial charge in [0.05, 0.1) is 52.9 Å². The molecule has 0 aromatic carbocycles. The summed E-state index contributed by atoms with van der Waals surface area (Å²) in [6.07, 6.45) is 9.15. The molecule has 5 nitrogen and oxygen atoms in total. The predicted molar refractivity (Wildman–Crippen MR) is 97.5 cm³/mol. The molecule has 0 aliphatic rings. The second-order valence-corrected chi connectivity index (χ2v) is 6.27. The molecule has 0 fully saturated rings. The monoisotopic (exact) mass is 348 g/mol. The first-order valence-electron chi connectivity index (χ1n) is 9.73. The number of hydrogen-bond donors (Lipinski definition) is 1. The molecule has 24 heavy (non-hydrogen) atoms. The normalized spacial score (nSPS) is 12.6. The van der Waals surface area contributed by atoms with Crippen LogP contribution in [0.25, 0.3) is 0 Å². The molecule has 0 rings (SSSR count). The number of aliphatic hydroxyl groups excluding tert-OH is 1. The third-order valence-corrected chi connectivity index (χ3v) is 3.87. The number of rotatable bonds is 20. The van der Waals surface area contributed by atoms with Crippen LogP contribution in [0.2, 0.25) is 0 Å². The Morgan fingerprint density at radius 3 is 1.67 bits per heavy atom. The highest BCUT2D eigenvalue weighted by atomic mass is 16.6. The zero-order valence-electron chi connectivity index (χ0n) is 16.0. The van der Waals surface area contributed by atoms with Crippen LogP contribution in [-0.4, -0.2) is 64.6 Å². The van der Waals surface area contributed by atoms with E-state index < -0.39 is 0 Å². The van der Waals surface area contributed by atoms with Gasteiger partial charge in [0.25, 0.3) is 0 Å². The molecule has 0 radical (unpaired) electrons. The first-order chi connectivity index (χ1) is 11.8. The average Bonchev–Trinajstić information content (AvgIpc) is 2.58. The summed E-state index contributed by atoms with van der Waals surface area (Å²) in [6.45, 7) is 9.38. The summed E-state index contributed by atoms with van der Waals surface area (Å²) >= 11 is 0. The number of hydrogen-bond acceptors (Lipinski definition) is 5. The van der Waals surface area contributed by atoms with Gasteiger partial charge in [-0.3, -0.25) is 0 Å². The van der Waals surface area contributed by atoms with Crippen molar-refractivity contribution in [2.45, 2.75) is 58.8 Å². The SMILES string of the molecule is CCCC(C)CCCCCCOCCOCCOCCOCCO. The predicted octanol–water partition coefficient (Wildman–Crippen LogP) is 3.43. The number of unbranched alkanes of at least 4 members (excludes halogenated alkanes) is 3. The summed E-state index contributed by atoms with van der Waals surface area (Å²) < 4.78 is 21.4. The average molecular weight is 349 g/mol. The zero-order chi connectivity index (χ0) is 17.7. The Hall–Kier alpha value is -0.200. The summed E-state index contributed by atoms with van der Waals surface area (Å²) in [5, 5.41) is 8.52. The van der Waals surface area contributed by atoms with Gasteiger partial charge in [0, 0.05) is 6.61 Å². The van der Waals surface area contributed by atoms with Gasteiger partial charge in [-0.05, 0) is 12.3 Å². The Morgan fingerprint density at radius 2 is 1.12 bits per heavy atom. The first-order valence-corrected chi connectivity index (χ1v) is 9.73. The zero-order valence-corrected chi connectivity index (χ0v) is 16.0. The van der Waals surface area contributed by atoms with Crippen molar-refractivity contribution in [1.29, 1.82) is 0 Å². The Kier molecular flexibility index (Phi) is 20.7. The maximum absolute atomic E-state index is 8.52. The topological polar surface area (TPSA) is 57.2 Å². The van der Waals surface area contributed by atoms with Crippen molar-refractivity contribution in [2.75, 3.05) is 59.5 Å².